The van der Waals surface area contributed by atoms with Crippen LogP contribution in [-0.4, -0.2) is 56.9 Å². The average molecular weight is 471 g/mol. The molecule has 2 unspecified atom stereocenters. The number of aromatic nitrogens is 4. The van der Waals surface area contributed by atoms with E-state index in [1.807, 2.05) is 37.5 Å². The fourth-order valence-electron chi connectivity index (χ4n) is 3.52. The summed E-state index contributed by atoms with van der Waals surface area (Å²) in [6.45, 7) is 5.27. The smallest absolute Gasteiger partial charge is 0.193 e. The van der Waals surface area contributed by atoms with Gasteiger partial charge in [-0.15, -0.1) is 24.0 Å². The molecule has 3 rings (SSSR count). The molecule has 0 amide bonds. The van der Waals surface area contributed by atoms with Crippen LogP contribution in [0.25, 0.3) is 0 Å². The van der Waals surface area contributed by atoms with Crippen molar-refractivity contribution in [2.24, 2.45) is 18.0 Å². The van der Waals surface area contributed by atoms with Crippen molar-refractivity contribution < 1.29 is 0 Å². The zero-order valence-electron chi connectivity index (χ0n) is 15.9. The molecule has 26 heavy (non-hydrogen) atoms. The molecule has 2 aromatic heterocycles. The van der Waals surface area contributed by atoms with Gasteiger partial charge in [-0.25, -0.2) is 4.98 Å². The highest BCUT2D eigenvalue weighted by molar-refractivity contribution is 14.0. The molecule has 2 atom stereocenters. The van der Waals surface area contributed by atoms with Gasteiger partial charge in [0.05, 0.1) is 18.6 Å². The molecule has 1 aliphatic rings. The van der Waals surface area contributed by atoms with Crippen LogP contribution in [-0.2, 0) is 13.5 Å². The van der Waals surface area contributed by atoms with Crippen LogP contribution in [0.5, 0.6) is 0 Å². The molecule has 8 heteroatoms. The minimum absolute atomic E-state index is 0. The number of hydrogen-bond acceptors (Lipinski definition) is 3. The Labute approximate surface area is 172 Å². The number of guanidine groups is 1. The molecule has 3 heterocycles. The van der Waals surface area contributed by atoms with Gasteiger partial charge in [0.25, 0.3) is 0 Å². The number of aliphatic imine (C=N–C) groups is 1. The first-order valence-electron chi connectivity index (χ1n) is 9.08. The highest BCUT2D eigenvalue weighted by atomic mass is 127. The maximum Gasteiger partial charge on any atom is 0.193 e. The van der Waals surface area contributed by atoms with Crippen LogP contribution in [0.15, 0.2) is 36.1 Å². The van der Waals surface area contributed by atoms with Crippen molar-refractivity contribution in [2.75, 3.05) is 26.7 Å². The maximum atomic E-state index is 4.49. The second-order valence-electron chi connectivity index (χ2n) is 6.89. The molecule has 0 radical (unpaired) electrons. The summed E-state index contributed by atoms with van der Waals surface area (Å²) in [6.07, 6.45) is 13.1. The van der Waals surface area contributed by atoms with E-state index in [0.717, 1.165) is 38.4 Å². The van der Waals surface area contributed by atoms with Gasteiger partial charge in [-0.1, -0.05) is 6.92 Å². The van der Waals surface area contributed by atoms with Gasteiger partial charge in [-0.05, 0) is 30.7 Å². The predicted molar refractivity (Wildman–Crippen MR) is 115 cm³/mol. The van der Waals surface area contributed by atoms with Gasteiger partial charge in [-0.3, -0.25) is 9.67 Å². The molecule has 0 bridgehead atoms. The lowest BCUT2D eigenvalue weighted by atomic mass is 9.93. The SMILES string of the molecule is CN=C(NCCCc1cnn(C)c1)N1CCC(C)C(n2ccnc2)C1.I. The van der Waals surface area contributed by atoms with Crippen molar-refractivity contribution in [3.63, 3.8) is 0 Å². The summed E-state index contributed by atoms with van der Waals surface area (Å²) in [7, 11) is 3.82. The van der Waals surface area contributed by atoms with Crippen LogP contribution in [0.4, 0.5) is 0 Å². The molecule has 0 aromatic carbocycles. The van der Waals surface area contributed by atoms with Gasteiger partial charge >= 0.3 is 0 Å². The van der Waals surface area contributed by atoms with Crippen molar-refractivity contribution in [3.05, 3.63) is 36.7 Å². The number of rotatable bonds is 5. The van der Waals surface area contributed by atoms with Crippen molar-refractivity contribution >= 4 is 29.9 Å². The number of imidazole rings is 1. The van der Waals surface area contributed by atoms with Crippen molar-refractivity contribution in [2.45, 2.75) is 32.2 Å². The number of aryl methyl sites for hydroxylation is 2. The van der Waals surface area contributed by atoms with Gasteiger partial charge in [0, 0.05) is 52.3 Å². The molecule has 1 N–H and O–H groups in total. The third-order valence-corrected chi connectivity index (χ3v) is 5.02. The Morgan fingerprint density at radius 1 is 1.42 bits per heavy atom. The zero-order valence-corrected chi connectivity index (χ0v) is 18.2. The molecule has 1 saturated heterocycles. The second kappa shape index (κ2) is 9.94. The molecule has 144 valence electrons. The van der Waals surface area contributed by atoms with Crippen molar-refractivity contribution in [3.8, 4) is 0 Å². The highest BCUT2D eigenvalue weighted by Crippen LogP contribution is 2.27. The predicted octanol–water partition coefficient (Wildman–Crippen LogP) is 2.33. The van der Waals surface area contributed by atoms with Crippen LogP contribution in [0, 0.1) is 5.92 Å². The molecule has 1 fully saturated rings. The van der Waals surface area contributed by atoms with E-state index in [1.165, 1.54) is 12.0 Å². The van der Waals surface area contributed by atoms with E-state index in [1.54, 1.807) is 0 Å². The van der Waals surface area contributed by atoms with Gasteiger partial charge in [0.1, 0.15) is 0 Å². The molecule has 0 saturated carbocycles. The normalized spacial score (nSPS) is 20.7. The van der Waals surface area contributed by atoms with E-state index in [0.29, 0.717) is 12.0 Å². The van der Waals surface area contributed by atoms with Gasteiger partial charge in [0.15, 0.2) is 5.96 Å². The van der Waals surface area contributed by atoms with Crippen LogP contribution >= 0.6 is 24.0 Å². The van der Waals surface area contributed by atoms with Crippen molar-refractivity contribution in [1.82, 2.24) is 29.5 Å². The highest BCUT2D eigenvalue weighted by Gasteiger charge is 2.28. The average Bonchev–Trinajstić information content (AvgIpc) is 3.28. The molecule has 0 spiro atoms. The zero-order chi connectivity index (χ0) is 17.6. The van der Waals surface area contributed by atoms with Gasteiger partial charge < -0.3 is 14.8 Å². The van der Waals surface area contributed by atoms with Crippen LogP contribution < -0.4 is 5.32 Å². The Hall–Kier alpha value is -1.58. The standard InChI is InChI=1S/C18H29N7.HI/c1-15-6-9-24(13-17(15)25-10-8-20-14-25)18(19-2)21-7-4-5-16-11-22-23(3)12-16;/h8,10-12,14-15,17H,4-7,9,13H2,1-3H3,(H,19,21);1H. The largest absolute Gasteiger partial charge is 0.356 e. The van der Waals surface area contributed by atoms with Crippen LogP contribution in [0.1, 0.15) is 31.4 Å². The van der Waals surface area contributed by atoms with Crippen LogP contribution in [0.3, 0.4) is 0 Å². The molecule has 0 aliphatic carbocycles. The van der Waals surface area contributed by atoms with E-state index in [9.17, 15) is 0 Å². The van der Waals surface area contributed by atoms with E-state index in [2.05, 4.69) is 49.2 Å². The van der Waals surface area contributed by atoms with Crippen molar-refractivity contribution in [1.29, 1.82) is 0 Å². The molecule has 2 aromatic rings. The Bertz CT molecular complexity index is 680. The van der Waals surface area contributed by atoms with E-state index in [-0.39, 0.29) is 24.0 Å². The first kappa shape index (κ1) is 20.7. The second-order valence-corrected chi connectivity index (χ2v) is 6.89. The third kappa shape index (κ3) is 5.21. The lowest BCUT2D eigenvalue weighted by Crippen LogP contribution is -2.49. The van der Waals surface area contributed by atoms with Crippen LogP contribution in [0.2, 0.25) is 0 Å². The summed E-state index contributed by atoms with van der Waals surface area (Å²) in [5, 5.41) is 7.74. The summed E-state index contributed by atoms with van der Waals surface area (Å²) >= 11 is 0. The Kier molecular flexibility index (Phi) is 7.92. The minimum atomic E-state index is 0. The first-order valence-corrected chi connectivity index (χ1v) is 9.08. The fraction of sp³-hybridized carbons (Fsp3) is 0.611. The molecule has 7 nitrogen and oxygen atoms in total. The summed E-state index contributed by atoms with van der Waals surface area (Å²) in [5.74, 6) is 1.65. The maximum absolute atomic E-state index is 4.49. The fourth-order valence-corrected chi connectivity index (χ4v) is 3.52. The Balaban J connectivity index is 0.00000243. The number of halogens is 1. The van der Waals surface area contributed by atoms with Gasteiger partial charge in [-0.2, -0.15) is 5.10 Å². The number of piperidine rings is 1. The lowest BCUT2D eigenvalue weighted by molar-refractivity contribution is 0.189. The molecular weight excluding hydrogens is 441 g/mol. The lowest BCUT2D eigenvalue weighted by Gasteiger charge is -2.39. The number of nitrogens with zero attached hydrogens (tertiary/aromatic N) is 6. The monoisotopic (exact) mass is 471 g/mol. The Morgan fingerprint density at radius 2 is 2.27 bits per heavy atom. The number of nitrogens with one attached hydrogen (secondary N) is 1. The molecule has 1 aliphatic heterocycles. The summed E-state index contributed by atoms with van der Waals surface area (Å²) in [4.78, 5) is 11.1. The quantitative estimate of drug-likeness (QED) is 0.315. The molecular formula is C18H30IN7. The third-order valence-electron chi connectivity index (χ3n) is 5.02. The number of likely N-dealkylation sites (tertiary alicyclic amines) is 1. The minimum Gasteiger partial charge on any atom is -0.356 e. The van der Waals surface area contributed by atoms with E-state index in [4.69, 9.17) is 0 Å². The van der Waals surface area contributed by atoms with E-state index >= 15 is 0 Å². The summed E-state index contributed by atoms with van der Waals surface area (Å²) in [6, 6.07) is 0.449. The summed E-state index contributed by atoms with van der Waals surface area (Å²) in [5.41, 5.74) is 1.28. The van der Waals surface area contributed by atoms with E-state index < -0.39 is 0 Å². The topological polar surface area (TPSA) is 63.3 Å². The van der Waals surface area contributed by atoms with Gasteiger partial charge in [0.2, 0.25) is 0 Å². The Morgan fingerprint density at radius 3 is 2.92 bits per heavy atom. The summed E-state index contributed by atoms with van der Waals surface area (Å²) < 4.78 is 4.08. The first-order chi connectivity index (χ1) is 12.2. The number of hydrogen-bond donors (Lipinski definition) is 1.